The van der Waals surface area contributed by atoms with Crippen LogP contribution in [0.2, 0.25) is 0 Å². The van der Waals surface area contributed by atoms with Crippen molar-refractivity contribution in [1.29, 1.82) is 0 Å². The summed E-state index contributed by atoms with van der Waals surface area (Å²) >= 11 is 2.25. The lowest BCUT2D eigenvalue weighted by Crippen LogP contribution is -2.39. The Balaban J connectivity index is 1.67. The number of ether oxygens (including phenoxy) is 2. The number of amides is 1. The van der Waals surface area contributed by atoms with Gasteiger partial charge >= 0.3 is 0 Å². The predicted octanol–water partition coefficient (Wildman–Crippen LogP) is 3.57. The first-order chi connectivity index (χ1) is 16.9. The lowest BCUT2D eigenvalue weighted by atomic mass is 9.80. The van der Waals surface area contributed by atoms with Crippen LogP contribution in [0.25, 0.3) is 0 Å². The SMILES string of the molecule is CCO[C@@H]1OC(C(=O)NCCNc2ccc([N+](=O)[O-])cn2)=C[C@H](c2ccc(I)cc2)[C@@H]1CCCO. The Morgan fingerprint density at radius 1 is 1.26 bits per heavy atom. The number of nitro groups is 1. The first kappa shape index (κ1) is 26.8. The molecule has 1 aliphatic rings. The van der Waals surface area contributed by atoms with Crippen molar-refractivity contribution >= 4 is 40.0 Å². The van der Waals surface area contributed by atoms with Gasteiger partial charge in [-0.05, 0) is 72.2 Å². The summed E-state index contributed by atoms with van der Waals surface area (Å²) in [6, 6.07) is 11.0. The zero-order valence-electron chi connectivity index (χ0n) is 19.4. The number of rotatable bonds is 12. The van der Waals surface area contributed by atoms with Crippen LogP contribution in [-0.4, -0.2) is 53.5 Å². The summed E-state index contributed by atoms with van der Waals surface area (Å²) in [6.07, 6.45) is 3.70. The van der Waals surface area contributed by atoms with E-state index in [-0.39, 0.29) is 35.8 Å². The summed E-state index contributed by atoms with van der Waals surface area (Å²) in [5, 5.41) is 25.9. The molecule has 3 N–H and O–H groups in total. The molecule has 0 saturated carbocycles. The Morgan fingerprint density at radius 2 is 2.03 bits per heavy atom. The minimum absolute atomic E-state index is 0.0476. The molecule has 11 heteroatoms. The third-order valence-corrected chi connectivity index (χ3v) is 6.28. The Labute approximate surface area is 217 Å². The van der Waals surface area contributed by atoms with E-state index in [2.05, 4.69) is 38.2 Å². The van der Waals surface area contributed by atoms with E-state index in [0.717, 1.165) is 9.13 Å². The number of halogens is 1. The monoisotopic (exact) mass is 596 g/mol. The Morgan fingerprint density at radius 3 is 2.66 bits per heavy atom. The van der Waals surface area contributed by atoms with Crippen molar-refractivity contribution < 1.29 is 24.3 Å². The van der Waals surface area contributed by atoms with Gasteiger partial charge in [-0.2, -0.15) is 0 Å². The second-order valence-electron chi connectivity index (χ2n) is 7.92. The molecule has 1 amide bonds. The molecule has 0 bridgehead atoms. The number of benzene rings is 1. The van der Waals surface area contributed by atoms with Crippen LogP contribution in [0.15, 0.2) is 54.4 Å². The van der Waals surface area contributed by atoms with E-state index < -0.39 is 11.2 Å². The van der Waals surface area contributed by atoms with E-state index >= 15 is 0 Å². The summed E-state index contributed by atoms with van der Waals surface area (Å²) in [4.78, 5) is 27.1. The fraction of sp³-hybridized carbons (Fsp3) is 0.417. The minimum Gasteiger partial charge on any atom is -0.459 e. The maximum Gasteiger partial charge on any atom is 0.287 e. The Bertz CT molecular complexity index is 1020. The summed E-state index contributed by atoms with van der Waals surface area (Å²) in [6.45, 7) is 3.05. The number of carbonyl (C=O) groups excluding carboxylic acids is 1. The molecule has 0 aliphatic carbocycles. The van der Waals surface area contributed by atoms with Gasteiger partial charge in [-0.15, -0.1) is 0 Å². The van der Waals surface area contributed by atoms with Crippen molar-refractivity contribution in [1.82, 2.24) is 10.3 Å². The van der Waals surface area contributed by atoms with Gasteiger partial charge in [-0.3, -0.25) is 14.9 Å². The van der Waals surface area contributed by atoms with Crippen molar-refractivity contribution in [2.24, 2.45) is 5.92 Å². The van der Waals surface area contributed by atoms with Crippen molar-refractivity contribution in [3.8, 4) is 0 Å². The Hall–Kier alpha value is -2.77. The van der Waals surface area contributed by atoms with Crippen LogP contribution in [0.4, 0.5) is 11.5 Å². The fourth-order valence-electron chi connectivity index (χ4n) is 3.88. The normalized spacial score (nSPS) is 19.4. The fourth-order valence-corrected chi connectivity index (χ4v) is 4.24. The summed E-state index contributed by atoms with van der Waals surface area (Å²) in [7, 11) is 0. The number of nitrogens with one attached hydrogen (secondary N) is 2. The third-order valence-electron chi connectivity index (χ3n) is 5.57. The highest BCUT2D eigenvalue weighted by Crippen LogP contribution is 2.39. The molecule has 1 aromatic heterocycles. The topological polar surface area (TPSA) is 136 Å². The highest BCUT2D eigenvalue weighted by Gasteiger charge is 2.37. The predicted molar refractivity (Wildman–Crippen MR) is 139 cm³/mol. The second-order valence-corrected chi connectivity index (χ2v) is 9.17. The van der Waals surface area contributed by atoms with Gasteiger partial charge in [-0.1, -0.05) is 12.1 Å². The van der Waals surface area contributed by atoms with Gasteiger partial charge in [0.2, 0.25) is 6.29 Å². The first-order valence-electron chi connectivity index (χ1n) is 11.4. The number of nitrogens with zero attached hydrogens (tertiary/aromatic N) is 2. The van der Waals surface area contributed by atoms with Gasteiger partial charge in [-0.25, -0.2) is 4.98 Å². The summed E-state index contributed by atoms with van der Waals surface area (Å²) in [5.74, 6) is 0.158. The van der Waals surface area contributed by atoms with Crippen molar-refractivity contribution in [3.05, 3.63) is 73.7 Å². The standard InChI is InChI=1S/C24H29IN4O6/c1-2-34-24-19(4-3-13-30)20(16-5-7-17(25)8-6-16)14-21(35-24)23(31)27-12-11-26-22-10-9-18(15-28-22)29(32)33/h5-10,14-15,19-20,24,30H,2-4,11-13H2,1H3,(H,26,28)(H,27,31)/t19-,20+,24+/m0/s1. The van der Waals surface area contributed by atoms with E-state index in [1.807, 2.05) is 37.3 Å². The number of hydrogen-bond donors (Lipinski definition) is 3. The largest absolute Gasteiger partial charge is 0.459 e. The molecule has 0 unspecified atom stereocenters. The first-order valence-corrected chi connectivity index (χ1v) is 12.5. The van der Waals surface area contributed by atoms with Gasteiger partial charge in [0.05, 0.1) is 4.92 Å². The zero-order valence-corrected chi connectivity index (χ0v) is 21.5. The van der Waals surface area contributed by atoms with Gasteiger partial charge < -0.3 is 25.2 Å². The van der Waals surface area contributed by atoms with E-state index in [9.17, 15) is 20.0 Å². The number of hydrogen-bond acceptors (Lipinski definition) is 8. The Kier molecular flexibility index (Phi) is 10.2. The van der Waals surface area contributed by atoms with Crippen LogP contribution in [0.3, 0.4) is 0 Å². The highest BCUT2D eigenvalue weighted by molar-refractivity contribution is 14.1. The number of anilines is 1. The molecule has 1 aliphatic heterocycles. The number of aromatic nitrogens is 1. The lowest BCUT2D eigenvalue weighted by molar-refractivity contribution is -0.385. The van der Waals surface area contributed by atoms with Crippen molar-refractivity contribution in [2.75, 3.05) is 31.6 Å². The molecule has 3 atom stereocenters. The summed E-state index contributed by atoms with van der Waals surface area (Å²) in [5.41, 5.74) is 0.964. The smallest absolute Gasteiger partial charge is 0.287 e. The van der Waals surface area contributed by atoms with Gasteiger partial charge in [0.25, 0.3) is 11.6 Å². The van der Waals surface area contributed by atoms with Crippen LogP contribution in [0.5, 0.6) is 0 Å². The maximum absolute atomic E-state index is 12.9. The molecule has 2 aromatic rings. The number of aliphatic hydroxyl groups is 1. The number of allylic oxidation sites excluding steroid dienone is 1. The number of aliphatic hydroxyl groups excluding tert-OH is 1. The molecule has 35 heavy (non-hydrogen) atoms. The molecule has 0 radical (unpaired) electrons. The average Bonchev–Trinajstić information content (AvgIpc) is 2.86. The molecule has 1 aromatic carbocycles. The molecule has 10 nitrogen and oxygen atoms in total. The van der Waals surface area contributed by atoms with Gasteiger partial charge in [0, 0.05) is 47.8 Å². The zero-order chi connectivity index (χ0) is 25.2. The number of carbonyl (C=O) groups is 1. The molecule has 0 saturated heterocycles. The van der Waals surface area contributed by atoms with Crippen LogP contribution in [0, 0.1) is 19.6 Å². The molecule has 0 fully saturated rings. The van der Waals surface area contributed by atoms with Crippen molar-refractivity contribution in [3.63, 3.8) is 0 Å². The van der Waals surface area contributed by atoms with E-state index in [0.29, 0.717) is 38.4 Å². The van der Waals surface area contributed by atoms with E-state index in [1.54, 1.807) is 0 Å². The molecule has 188 valence electrons. The summed E-state index contributed by atoms with van der Waals surface area (Å²) < 4.78 is 12.9. The maximum atomic E-state index is 12.9. The molecule has 3 rings (SSSR count). The van der Waals surface area contributed by atoms with Crippen LogP contribution in [-0.2, 0) is 14.3 Å². The van der Waals surface area contributed by atoms with E-state index in [1.165, 1.54) is 18.3 Å². The van der Waals surface area contributed by atoms with E-state index in [4.69, 9.17) is 9.47 Å². The molecular weight excluding hydrogens is 567 g/mol. The molecule has 0 spiro atoms. The van der Waals surface area contributed by atoms with Gasteiger partial charge in [0.1, 0.15) is 12.0 Å². The quantitative estimate of drug-likeness (QED) is 0.147. The molecular formula is C24H29IN4O6. The lowest BCUT2D eigenvalue weighted by Gasteiger charge is -2.37. The third kappa shape index (κ3) is 7.61. The van der Waals surface area contributed by atoms with Crippen LogP contribution >= 0.6 is 22.6 Å². The molecule has 2 heterocycles. The average molecular weight is 596 g/mol. The van der Waals surface area contributed by atoms with Gasteiger partial charge in [0.15, 0.2) is 5.76 Å². The second kappa shape index (κ2) is 13.4. The van der Waals surface area contributed by atoms with Crippen LogP contribution < -0.4 is 10.6 Å². The highest BCUT2D eigenvalue weighted by atomic mass is 127. The van der Waals surface area contributed by atoms with Crippen molar-refractivity contribution in [2.45, 2.75) is 32.0 Å². The van der Waals surface area contributed by atoms with Crippen LogP contribution in [0.1, 0.15) is 31.2 Å². The minimum atomic E-state index is -0.607. The number of pyridine rings is 1.